The number of benzene rings is 2. The van der Waals surface area contributed by atoms with E-state index < -0.39 is 0 Å². The smallest absolute Gasteiger partial charge is 0.255 e. The monoisotopic (exact) mass is 449 g/mol. The molecule has 2 aromatic carbocycles. The van der Waals surface area contributed by atoms with Crippen molar-refractivity contribution in [2.45, 2.75) is 58.4 Å². The van der Waals surface area contributed by atoms with Gasteiger partial charge in [-0.05, 0) is 80.5 Å². The van der Waals surface area contributed by atoms with E-state index in [1.807, 2.05) is 30.3 Å². The minimum absolute atomic E-state index is 0.0594. The second-order valence-corrected chi connectivity index (χ2v) is 9.33. The third-order valence-corrected chi connectivity index (χ3v) is 6.42. The Morgan fingerprint density at radius 3 is 2.39 bits per heavy atom. The van der Waals surface area contributed by atoms with Crippen molar-refractivity contribution < 1.29 is 14.3 Å². The van der Waals surface area contributed by atoms with E-state index in [0.717, 1.165) is 63.1 Å². The summed E-state index contributed by atoms with van der Waals surface area (Å²) in [7, 11) is 0. The number of nitrogens with zero attached hydrogens (tertiary/aromatic N) is 1. The van der Waals surface area contributed by atoms with E-state index >= 15 is 0 Å². The number of ether oxygens (including phenoxy) is 1. The van der Waals surface area contributed by atoms with Crippen LogP contribution in [-0.4, -0.2) is 37.6 Å². The lowest BCUT2D eigenvalue weighted by atomic mass is 9.97. The zero-order valence-electron chi connectivity index (χ0n) is 19.7. The highest BCUT2D eigenvalue weighted by Crippen LogP contribution is 2.30. The molecule has 33 heavy (non-hydrogen) atoms. The van der Waals surface area contributed by atoms with Crippen LogP contribution in [0.1, 0.15) is 73.1 Å². The zero-order valence-corrected chi connectivity index (χ0v) is 19.7. The first-order valence-corrected chi connectivity index (χ1v) is 12.3. The topological polar surface area (TPSA) is 70.7 Å². The second kappa shape index (κ2) is 10.7. The van der Waals surface area contributed by atoms with Crippen molar-refractivity contribution in [2.24, 2.45) is 5.92 Å². The van der Waals surface area contributed by atoms with Crippen LogP contribution in [-0.2, 0) is 0 Å². The molecule has 6 heteroatoms. The van der Waals surface area contributed by atoms with Gasteiger partial charge in [0.05, 0.1) is 12.2 Å². The fraction of sp³-hybridized carbons (Fsp3) is 0.481. The number of unbranched alkanes of at least 4 members (excludes halogenated alkanes) is 1. The van der Waals surface area contributed by atoms with E-state index in [1.54, 1.807) is 12.1 Å². The molecule has 2 amide bonds. The van der Waals surface area contributed by atoms with Crippen LogP contribution in [0, 0.1) is 5.92 Å². The summed E-state index contributed by atoms with van der Waals surface area (Å²) < 4.78 is 5.67. The molecule has 2 fully saturated rings. The van der Waals surface area contributed by atoms with Gasteiger partial charge < -0.3 is 20.3 Å². The fourth-order valence-electron chi connectivity index (χ4n) is 4.05. The number of carbonyl (C=O) groups excluding carboxylic acids is 2. The van der Waals surface area contributed by atoms with Crippen LogP contribution in [0.5, 0.6) is 5.75 Å². The molecule has 0 unspecified atom stereocenters. The van der Waals surface area contributed by atoms with Gasteiger partial charge in [0.2, 0.25) is 0 Å². The SMILES string of the molecule is CCCCOc1ccc(C(=O)Nc2ccc(N3CCC(C)CC3)c(C(=O)NC3CC3)c2)cc1. The highest BCUT2D eigenvalue weighted by molar-refractivity contribution is 6.06. The molecule has 1 heterocycles. The highest BCUT2D eigenvalue weighted by atomic mass is 16.5. The fourth-order valence-corrected chi connectivity index (χ4v) is 4.05. The molecular formula is C27H35N3O3. The van der Waals surface area contributed by atoms with Crippen molar-refractivity contribution in [2.75, 3.05) is 29.9 Å². The van der Waals surface area contributed by atoms with E-state index in [0.29, 0.717) is 29.3 Å². The average molecular weight is 450 g/mol. The van der Waals surface area contributed by atoms with Crippen LogP contribution < -0.4 is 20.3 Å². The van der Waals surface area contributed by atoms with Gasteiger partial charge in [0.15, 0.2) is 0 Å². The van der Waals surface area contributed by atoms with Crippen LogP contribution >= 0.6 is 0 Å². The molecule has 0 spiro atoms. The molecule has 0 aromatic heterocycles. The summed E-state index contributed by atoms with van der Waals surface area (Å²) in [6, 6.07) is 13.1. The van der Waals surface area contributed by atoms with Gasteiger partial charge in [-0.2, -0.15) is 0 Å². The summed E-state index contributed by atoms with van der Waals surface area (Å²) in [5, 5.41) is 6.06. The molecular weight excluding hydrogens is 414 g/mol. The largest absolute Gasteiger partial charge is 0.494 e. The van der Waals surface area contributed by atoms with Crippen LogP contribution in [0.4, 0.5) is 11.4 Å². The van der Waals surface area contributed by atoms with E-state index in [2.05, 4.69) is 29.4 Å². The first-order chi connectivity index (χ1) is 16.0. The highest BCUT2D eigenvalue weighted by Gasteiger charge is 2.27. The Morgan fingerprint density at radius 1 is 1.00 bits per heavy atom. The summed E-state index contributed by atoms with van der Waals surface area (Å²) in [5.74, 6) is 1.21. The Balaban J connectivity index is 1.47. The maximum Gasteiger partial charge on any atom is 0.255 e. The van der Waals surface area contributed by atoms with Crippen molar-refractivity contribution in [1.82, 2.24) is 5.32 Å². The molecule has 1 aliphatic carbocycles. The van der Waals surface area contributed by atoms with Gasteiger partial charge in [0, 0.05) is 36.1 Å². The lowest BCUT2D eigenvalue weighted by Crippen LogP contribution is -2.35. The number of anilines is 2. The molecule has 2 aromatic rings. The van der Waals surface area contributed by atoms with Crippen LogP contribution in [0.25, 0.3) is 0 Å². The standard InChI is InChI=1S/C27H35N3O3/c1-3-4-17-33-23-10-5-20(6-11-23)26(31)29-22-9-12-25(30-15-13-19(2)14-16-30)24(18-22)27(32)28-21-7-8-21/h5-6,9-12,18-19,21H,3-4,7-8,13-17H2,1-2H3,(H,28,32)(H,29,31). The van der Waals surface area contributed by atoms with Gasteiger partial charge >= 0.3 is 0 Å². The number of hydrogen-bond acceptors (Lipinski definition) is 4. The Labute approximate surface area is 196 Å². The molecule has 1 saturated heterocycles. The van der Waals surface area contributed by atoms with Crippen LogP contribution in [0.2, 0.25) is 0 Å². The molecule has 176 valence electrons. The maximum atomic E-state index is 13.0. The number of hydrogen-bond donors (Lipinski definition) is 2. The van der Waals surface area contributed by atoms with Gasteiger partial charge in [0.25, 0.3) is 11.8 Å². The molecule has 0 radical (unpaired) electrons. The van der Waals surface area contributed by atoms with Gasteiger partial charge in [-0.1, -0.05) is 20.3 Å². The molecule has 1 aliphatic heterocycles. The number of rotatable bonds is 9. The van der Waals surface area contributed by atoms with E-state index in [9.17, 15) is 9.59 Å². The molecule has 0 bridgehead atoms. The van der Waals surface area contributed by atoms with E-state index in [1.165, 1.54) is 0 Å². The molecule has 6 nitrogen and oxygen atoms in total. The quantitative estimate of drug-likeness (QED) is 0.513. The molecule has 2 N–H and O–H groups in total. The molecule has 4 rings (SSSR count). The van der Waals surface area contributed by atoms with Crippen LogP contribution in [0.15, 0.2) is 42.5 Å². The van der Waals surface area contributed by atoms with Crippen molar-refractivity contribution in [3.8, 4) is 5.75 Å². The second-order valence-electron chi connectivity index (χ2n) is 9.33. The predicted octanol–water partition coefficient (Wildman–Crippen LogP) is 5.25. The average Bonchev–Trinajstić information content (AvgIpc) is 3.64. The van der Waals surface area contributed by atoms with Gasteiger partial charge in [0.1, 0.15) is 5.75 Å². The third kappa shape index (κ3) is 6.28. The van der Waals surface area contributed by atoms with Crippen molar-refractivity contribution in [1.29, 1.82) is 0 Å². The lowest BCUT2D eigenvalue weighted by Gasteiger charge is -2.33. The summed E-state index contributed by atoms with van der Waals surface area (Å²) >= 11 is 0. The Bertz CT molecular complexity index is 961. The Kier molecular flexibility index (Phi) is 7.53. The lowest BCUT2D eigenvalue weighted by molar-refractivity contribution is 0.0950. The summed E-state index contributed by atoms with van der Waals surface area (Å²) in [6.45, 7) is 6.97. The number of nitrogens with one attached hydrogen (secondary N) is 2. The molecule has 0 atom stereocenters. The predicted molar refractivity (Wildman–Crippen MR) is 132 cm³/mol. The first kappa shape index (κ1) is 23.1. The third-order valence-electron chi connectivity index (χ3n) is 6.42. The number of carbonyl (C=O) groups is 2. The van der Waals surface area contributed by atoms with Crippen molar-refractivity contribution in [3.63, 3.8) is 0 Å². The minimum atomic E-state index is -0.205. The zero-order chi connectivity index (χ0) is 23.2. The Morgan fingerprint density at radius 2 is 1.73 bits per heavy atom. The first-order valence-electron chi connectivity index (χ1n) is 12.3. The molecule has 1 saturated carbocycles. The number of amides is 2. The number of piperidine rings is 1. The van der Waals surface area contributed by atoms with Gasteiger partial charge in [-0.25, -0.2) is 0 Å². The van der Waals surface area contributed by atoms with Crippen molar-refractivity contribution >= 4 is 23.2 Å². The summed E-state index contributed by atoms with van der Waals surface area (Å²) in [6.07, 6.45) is 6.41. The summed E-state index contributed by atoms with van der Waals surface area (Å²) in [5.41, 5.74) is 2.76. The normalized spacial score (nSPS) is 16.4. The minimum Gasteiger partial charge on any atom is -0.494 e. The van der Waals surface area contributed by atoms with Crippen molar-refractivity contribution in [3.05, 3.63) is 53.6 Å². The molecule has 2 aliphatic rings. The van der Waals surface area contributed by atoms with Crippen LogP contribution in [0.3, 0.4) is 0 Å². The Hall–Kier alpha value is -3.02. The van der Waals surface area contributed by atoms with E-state index in [-0.39, 0.29) is 17.9 Å². The van der Waals surface area contributed by atoms with E-state index in [4.69, 9.17) is 4.74 Å². The van der Waals surface area contributed by atoms with Gasteiger partial charge in [-0.15, -0.1) is 0 Å². The summed E-state index contributed by atoms with van der Waals surface area (Å²) in [4.78, 5) is 28.1. The maximum absolute atomic E-state index is 13.0. The van der Waals surface area contributed by atoms with Gasteiger partial charge in [-0.3, -0.25) is 9.59 Å².